The van der Waals surface area contributed by atoms with Gasteiger partial charge in [0.1, 0.15) is 18.1 Å². The smallest absolute Gasteiger partial charge is 0.129 e. The number of aliphatic hydroxyl groups is 1. The molecule has 6 heteroatoms. The summed E-state index contributed by atoms with van der Waals surface area (Å²) in [6.07, 6.45) is 6.31. The number of aryl methyl sites for hydroxylation is 1. The number of nitrogens with zero attached hydrogens (tertiary/aromatic N) is 3. The second-order valence-corrected chi connectivity index (χ2v) is 6.41. The van der Waals surface area contributed by atoms with Crippen molar-refractivity contribution < 1.29 is 9.52 Å². The summed E-state index contributed by atoms with van der Waals surface area (Å²) in [6, 6.07) is 4.14. The molecule has 0 radical (unpaired) electrons. The van der Waals surface area contributed by atoms with Gasteiger partial charge in [-0.2, -0.15) is 0 Å². The first kappa shape index (κ1) is 16.2. The number of hydrogen-bond donors (Lipinski definition) is 2. The maximum atomic E-state index is 9.05. The lowest BCUT2D eigenvalue weighted by Crippen LogP contribution is -2.41. The molecule has 3 rings (SSSR count). The van der Waals surface area contributed by atoms with Crippen LogP contribution >= 0.6 is 0 Å². The number of likely N-dealkylation sites (tertiary alicyclic amines) is 1. The summed E-state index contributed by atoms with van der Waals surface area (Å²) in [6.45, 7) is 2.72. The predicted octanol–water partition coefficient (Wildman–Crippen LogP) is 1.68. The van der Waals surface area contributed by atoms with Crippen LogP contribution in [0.15, 0.2) is 29.1 Å². The zero-order valence-electron chi connectivity index (χ0n) is 13.9. The molecule has 2 aromatic rings. The molecular formula is C17H26N4O2. The largest absolute Gasteiger partial charge is 0.462 e. The second-order valence-electron chi connectivity index (χ2n) is 6.41. The van der Waals surface area contributed by atoms with Crippen LogP contribution in [0.5, 0.6) is 0 Å². The van der Waals surface area contributed by atoms with Crippen molar-refractivity contribution in [2.75, 3.05) is 20.1 Å². The lowest BCUT2D eigenvalue weighted by atomic mass is 9.87. The summed E-state index contributed by atoms with van der Waals surface area (Å²) in [5, 5.41) is 12.6. The molecule has 0 saturated carbocycles. The number of aliphatic hydroxyl groups excluding tert-OH is 1. The fourth-order valence-electron chi connectivity index (χ4n) is 3.58. The van der Waals surface area contributed by atoms with Gasteiger partial charge < -0.3 is 19.4 Å². The quantitative estimate of drug-likeness (QED) is 0.848. The Hall–Kier alpha value is -1.63. The average molecular weight is 318 g/mol. The van der Waals surface area contributed by atoms with Crippen LogP contribution < -0.4 is 5.32 Å². The van der Waals surface area contributed by atoms with Gasteiger partial charge in [0.25, 0.3) is 0 Å². The average Bonchev–Trinajstić information content (AvgIpc) is 3.17. The Morgan fingerprint density at radius 1 is 1.35 bits per heavy atom. The van der Waals surface area contributed by atoms with E-state index >= 15 is 0 Å². The van der Waals surface area contributed by atoms with Crippen LogP contribution in [0, 0.1) is 5.92 Å². The molecule has 0 aromatic carbocycles. The number of rotatable bonds is 6. The Morgan fingerprint density at radius 2 is 2.17 bits per heavy atom. The van der Waals surface area contributed by atoms with Crippen LogP contribution in [-0.4, -0.2) is 39.7 Å². The van der Waals surface area contributed by atoms with Crippen LogP contribution in [0.4, 0.5) is 0 Å². The standard InChI is InChI=1S/C17H26N4O2/c1-20-7-3-4-13(17(20)16-10-19-12-21(16)2)8-18-9-14-5-6-15(11-22)23-14/h5-6,10,12-13,17-18,22H,3-4,7-9,11H2,1-2H3/t13-,17+/m0/s1. The van der Waals surface area contributed by atoms with Crippen LogP contribution in [0.2, 0.25) is 0 Å². The molecule has 0 aliphatic carbocycles. The Morgan fingerprint density at radius 3 is 2.87 bits per heavy atom. The molecular weight excluding hydrogens is 292 g/mol. The predicted molar refractivity (Wildman–Crippen MR) is 87.6 cm³/mol. The van der Waals surface area contributed by atoms with Gasteiger partial charge in [-0.3, -0.25) is 4.90 Å². The molecule has 6 nitrogen and oxygen atoms in total. The van der Waals surface area contributed by atoms with Crippen LogP contribution in [0.25, 0.3) is 0 Å². The molecule has 0 spiro atoms. The van der Waals surface area contributed by atoms with Crippen molar-refractivity contribution in [2.45, 2.75) is 32.0 Å². The van der Waals surface area contributed by atoms with Gasteiger partial charge in [0.05, 0.1) is 24.6 Å². The highest BCUT2D eigenvalue weighted by Crippen LogP contribution is 2.34. The number of hydrogen-bond acceptors (Lipinski definition) is 5. The fourth-order valence-corrected chi connectivity index (χ4v) is 3.58. The number of aromatic nitrogens is 2. The number of furan rings is 1. The van der Waals surface area contributed by atoms with Gasteiger partial charge in [-0.1, -0.05) is 0 Å². The molecule has 23 heavy (non-hydrogen) atoms. The third kappa shape index (κ3) is 3.65. The maximum absolute atomic E-state index is 9.05. The Bertz CT molecular complexity index is 622. The van der Waals surface area contributed by atoms with Crippen LogP contribution in [0.1, 0.15) is 36.1 Å². The van der Waals surface area contributed by atoms with Crippen molar-refractivity contribution in [3.8, 4) is 0 Å². The summed E-state index contributed by atoms with van der Waals surface area (Å²) in [5.74, 6) is 2.04. The SMILES string of the molecule is CN1CCC[C@@H](CNCc2ccc(CO)o2)[C@@H]1c1cncn1C. The Kier molecular flexibility index (Phi) is 5.15. The Labute approximate surface area is 137 Å². The van der Waals surface area contributed by atoms with Crippen molar-refractivity contribution in [2.24, 2.45) is 13.0 Å². The van der Waals surface area contributed by atoms with E-state index in [0.29, 0.717) is 24.3 Å². The van der Waals surface area contributed by atoms with Gasteiger partial charge in [0.15, 0.2) is 0 Å². The van der Waals surface area contributed by atoms with Gasteiger partial charge in [0.2, 0.25) is 0 Å². The number of piperidine rings is 1. The van der Waals surface area contributed by atoms with E-state index < -0.39 is 0 Å². The maximum Gasteiger partial charge on any atom is 0.129 e. The topological polar surface area (TPSA) is 66.5 Å². The summed E-state index contributed by atoms with van der Waals surface area (Å²) in [7, 11) is 4.26. The molecule has 126 valence electrons. The summed E-state index contributed by atoms with van der Waals surface area (Å²) in [5.41, 5.74) is 1.28. The molecule has 1 saturated heterocycles. The number of nitrogens with one attached hydrogen (secondary N) is 1. The molecule has 0 bridgehead atoms. The first-order valence-electron chi connectivity index (χ1n) is 8.24. The zero-order valence-corrected chi connectivity index (χ0v) is 13.9. The van der Waals surface area contributed by atoms with E-state index in [1.54, 1.807) is 0 Å². The highest BCUT2D eigenvalue weighted by atomic mass is 16.4. The minimum atomic E-state index is -0.0457. The van der Waals surface area contributed by atoms with E-state index in [1.807, 2.05) is 24.7 Å². The molecule has 3 heterocycles. The summed E-state index contributed by atoms with van der Waals surface area (Å²) >= 11 is 0. The summed E-state index contributed by atoms with van der Waals surface area (Å²) < 4.78 is 7.65. The highest BCUT2D eigenvalue weighted by Gasteiger charge is 2.31. The molecule has 1 fully saturated rings. The molecule has 2 atom stereocenters. The molecule has 0 amide bonds. The molecule has 1 aliphatic heterocycles. The van der Waals surface area contributed by atoms with Crippen molar-refractivity contribution in [3.05, 3.63) is 41.9 Å². The van der Waals surface area contributed by atoms with Crippen LogP contribution in [0.3, 0.4) is 0 Å². The molecule has 2 N–H and O–H groups in total. The van der Waals surface area contributed by atoms with Gasteiger partial charge >= 0.3 is 0 Å². The highest BCUT2D eigenvalue weighted by molar-refractivity contribution is 5.09. The normalized spacial score (nSPS) is 22.6. The van der Waals surface area contributed by atoms with E-state index in [1.165, 1.54) is 18.5 Å². The lowest BCUT2D eigenvalue weighted by molar-refractivity contribution is 0.113. The van der Waals surface area contributed by atoms with Gasteiger partial charge in [-0.25, -0.2) is 4.98 Å². The first-order chi connectivity index (χ1) is 11.2. The zero-order chi connectivity index (χ0) is 16.2. The van der Waals surface area contributed by atoms with Crippen LogP contribution in [-0.2, 0) is 20.2 Å². The molecule has 0 unspecified atom stereocenters. The van der Waals surface area contributed by atoms with Gasteiger partial charge in [0, 0.05) is 19.8 Å². The van der Waals surface area contributed by atoms with Crippen molar-refractivity contribution in [1.82, 2.24) is 19.8 Å². The monoisotopic (exact) mass is 318 g/mol. The van der Waals surface area contributed by atoms with E-state index in [9.17, 15) is 0 Å². The first-order valence-corrected chi connectivity index (χ1v) is 8.24. The van der Waals surface area contributed by atoms with E-state index in [-0.39, 0.29) is 6.61 Å². The third-order valence-electron chi connectivity index (χ3n) is 4.74. The van der Waals surface area contributed by atoms with Gasteiger partial charge in [-0.05, 0) is 44.5 Å². The lowest BCUT2D eigenvalue weighted by Gasteiger charge is -2.39. The minimum Gasteiger partial charge on any atom is -0.462 e. The minimum absolute atomic E-state index is 0.0457. The molecule has 1 aliphatic rings. The summed E-state index contributed by atoms with van der Waals surface area (Å²) in [4.78, 5) is 6.72. The van der Waals surface area contributed by atoms with Gasteiger partial charge in [-0.15, -0.1) is 0 Å². The van der Waals surface area contributed by atoms with E-state index in [4.69, 9.17) is 9.52 Å². The van der Waals surface area contributed by atoms with Crippen molar-refractivity contribution in [3.63, 3.8) is 0 Å². The third-order valence-corrected chi connectivity index (χ3v) is 4.74. The second kappa shape index (κ2) is 7.29. The van der Waals surface area contributed by atoms with Crippen molar-refractivity contribution in [1.29, 1.82) is 0 Å². The van der Waals surface area contributed by atoms with E-state index in [0.717, 1.165) is 18.8 Å². The fraction of sp³-hybridized carbons (Fsp3) is 0.588. The number of imidazole rings is 1. The molecule has 2 aromatic heterocycles. The van der Waals surface area contributed by atoms with E-state index in [2.05, 4.69) is 33.9 Å². The van der Waals surface area contributed by atoms with Crippen molar-refractivity contribution >= 4 is 0 Å². The Balaban J connectivity index is 1.61.